The molecule has 0 aliphatic carbocycles. The third-order valence-electron chi connectivity index (χ3n) is 2.66. The van der Waals surface area contributed by atoms with Crippen molar-refractivity contribution in [1.82, 2.24) is 0 Å². The normalized spacial score (nSPS) is 12.8. The molecular weight excluding hydrogens is 217 g/mol. The Morgan fingerprint density at radius 2 is 2.00 bits per heavy atom. The second kappa shape index (κ2) is 6.60. The van der Waals surface area contributed by atoms with Gasteiger partial charge in [0.05, 0.1) is 6.61 Å². The lowest BCUT2D eigenvalue weighted by Crippen LogP contribution is -2.10. The van der Waals surface area contributed by atoms with Crippen LogP contribution in [0.4, 0.5) is 4.39 Å². The van der Waals surface area contributed by atoms with Crippen molar-refractivity contribution >= 4 is 0 Å². The van der Waals surface area contributed by atoms with Crippen molar-refractivity contribution in [3.8, 4) is 5.75 Å². The van der Waals surface area contributed by atoms with Gasteiger partial charge in [-0.1, -0.05) is 26.0 Å². The van der Waals surface area contributed by atoms with Crippen LogP contribution < -0.4 is 10.5 Å². The highest BCUT2D eigenvalue weighted by molar-refractivity contribution is 5.36. The van der Waals surface area contributed by atoms with Crippen LogP contribution in [-0.4, -0.2) is 6.61 Å². The molecule has 0 fully saturated rings. The quantitative estimate of drug-likeness (QED) is 0.769. The average Bonchev–Trinajstić information content (AvgIpc) is 2.25. The maximum Gasteiger partial charge on any atom is 0.165 e. The third-order valence-corrected chi connectivity index (χ3v) is 2.66. The summed E-state index contributed by atoms with van der Waals surface area (Å²) in [5, 5.41) is 0. The zero-order valence-corrected chi connectivity index (χ0v) is 10.9. The van der Waals surface area contributed by atoms with Crippen LogP contribution in [0.2, 0.25) is 0 Å². The number of hydrogen-bond acceptors (Lipinski definition) is 2. The summed E-state index contributed by atoms with van der Waals surface area (Å²) >= 11 is 0. The van der Waals surface area contributed by atoms with Crippen molar-refractivity contribution in [3.05, 3.63) is 29.6 Å². The molecule has 1 rings (SSSR count). The molecule has 1 aromatic rings. The standard InChI is InChI=1S/C14H22FNO/c1-10(2)6-5-9-17-14-12(11(3)16)7-4-8-13(14)15/h4,7-8,10-11H,5-6,9,16H2,1-3H3/t11-/m1/s1. The Hall–Kier alpha value is -1.09. The lowest BCUT2D eigenvalue weighted by atomic mass is 10.1. The van der Waals surface area contributed by atoms with Crippen LogP contribution in [0.3, 0.4) is 0 Å². The fourth-order valence-electron chi connectivity index (χ4n) is 1.70. The van der Waals surface area contributed by atoms with E-state index in [2.05, 4.69) is 13.8 Å². The van der Waals surface area contributed by atoms with Crippen molar-refractivity contribution in [2.24, 2.45) is 11.7 Å². The molecule has 0 aliphatic heterocycles. The maximum absolute atomic E-state index is 13.6. The minimum Gasteiger partial charge on any atom is -0.490 e. The van der Waals surface area contributed by atoms with E-state index in [1.165, 1.54) is 6.07 Å². The van der Waals surface area contributed by atoms with Gasteiger partial charge in [0.1, 0.15) is 0 Å². The zero-order valence-electron chi connectivity index (χ0n) is 10.9. The van der Waals surface area contributed by atoms with E-state index < -0.39 is 0 Å². The number of halogens is 1. The molecule has 0 saturated carbocycles. The molecule has 0 aromatic heterocycles. The van der Waals surface area contributed by atoms with Crippen molar-refractivity contribution in [1.29, 1.82) is 0 Å². The summed E-state index contributed by atoms with van der Waals surface area (Å²) < 4.78 is 19.1. The second-order valence-electron chi connectivity index (χ2n) is 4.83. The van der Waals surface area contributed by atoms with Gasteiger partial charge in [-0.25, -0.2) is 4.39 Å². The van der Waals surface area contributed by atoms with Gasteiger partial charge in [-0.15, -0.1) is 0 Å². The highest BCUT2D eigenvalue weighted by Crippen LogP contribution is 2.27. The van der Waals surface area contributed by atoms with E-state index >= 15 is 0 Å². The Morgan fingerprint density at radius 3 is 2.59 bits per heavy atom. The van der Waals surface area contributed by atoms with Gasteiger partial charge >= 0.3 is 0 Å². The molecule has 2 nitrogen and oxygen atoms in total. The summed E-state index contributed by atoms with van der Waals surface area (Å²) in [4.78, 5) is 0. The van der Waals surface area contributed by atoms with Crippen molar-refractivity contribution in [2.45, 2.75) is 39.7 Å². The summed E-state index contributed by atoms with van der Waals surface area (Å²) in [6.45, 7) is 6.70. The first-order chi connectivity index (χ1) is 8.02. The Labute approximate surface area is 103 Å². The summed E-state index contributed by atoms with van der Waals surface area (Å²) in [6, 6.07) is 4.66. The van der Waals surface area contributed by atoms with E-state index in [-0.39, 0.29) is 11.9 Å². The second-order valence-corrected chi connectivity index (χ2v) is 4.83. The molecule has 0 bridgehead atoms. The third kappa shape index (κ3) is 4.35. The van der Waals surface area contributed by atoms with E-state index in [1.807, 2.05) is 13.0 Å². The summed E-state index contributed by atoms with van der Waals surface area (Å²) in [5.41, 5.74) is 6.52. The van der Waals surface area contributed by atoms with Gasteiger partial charge in [0.2, 0.25) is 0 Å². The first-order valence-electron chi connectivity index (χ1n) is 6.19. The molecule has 1 aromatic carbocycles. The molecule has 0 radical (unpaired) electrons. The lowest BCUT2D eigenvalue weighted by molar-refractivity contribution is 0.280. The summed E-state index contributed by atoms with van der Waals surface area (Å²) in [6.07, 6.45) is 2.02. The maximum atomic E-state index is 13.6. The SMILES string of the molecule is CC(C)CCCOc1c(F)cccc1[C@@H](C)N. The number of nitrogens with two attached hydrogens (primary N) is 1. The summed E-state index contributed by atoms with van der Waals surface area (Å²) in [5.74, 6) is 0.628. The van der Waals surface area contributed by atoms with Gasteiger partial charge in [0.25, 0.3) is 0 Å². The van der Waals surface area contributed by atoms with Crippen LogP contribution in [0.1, 0.15) is 45.2 Å². The first kappa shape index (κ1) is 14.0. The van der Waals surface area contributed by atoms with Gasteiger partial charge < -0.3 is 10.5 Å². The van der Waals surface area contributed by atoms with E-state index in [0.717, 1.165) is 18.4 Å². The molecule has 0 unspecified atom stereocenters. The molecule has 3 heteroatoms. The number of para-hydroxylation sites is 1. The number of benzene rings is 1. The Morgan fingerprint density at radius 1 is 1.29 bits per heavy atom. The average molecular weight is 239 g/mol. The molecule has 0 saturated heterocycles. The largest absolute Gasteiger partial charge is 0.490 e. The van der Waals surface area contributed by atoms with Crippen molar-refractivity contribution in [3.63, 3.8) is 0 Å². The van der Waals surface area contributed by atoms with Crippen molar-refractivity contribution < 1.29 is 9.13 Å². The van der Waals surface area contributed by atoms with Crippen LogP contribution in [0.15, 0.2) is 18.2 Å². The Bertz CT molecular complexity index is 350. The minimum absolute atomic E-state index is 0.217. The lowest BCUT2D eigenvalue weighted by Gasteiger charge is -2.15. The Balaban J connectivity index is 2.63. The Kier molecular flexibility index (Phi) is 5.42. The van der Waals surface area contributed by atoms with Crippen LogP contribution in [-0.2, 0) is 0 Å². The van der Waals surface area contributed by atoms with E-state index in [9.17, 15) is 4.39 Å². The highest BCUT2D eigenvalue weighted by atomic mass is 19.1. The number of hydrogen-bond donors (Lipinski definition) is 1. The van der Waals surface area contributed by atoms with Crippen LogP contribution >= 0.6 is 0 Å². The van der Waals surface area contributed by atoms with Crippen molar-refractivity contribution in [2.75, 3.05) is 6.61 Å². The van der Waals surface area contributed by atoms with Crippen LogP contribution in [0.25, 0.3) is 0 Å². The minimum atomic E-state index is -0.329. The highest BCUT2D eigenvalue weighted by Gasteiger charge is 2.12. The molecule has 2 N–H and O–H groups in total. The molecule has 96 valence electrons. The van der Waals surface area contributed by atoms with E-state index in [0.29, 0.717) is 18.3 Å². The molecule has 0 amide bonds. The number of rotatable bonds is 6. The summed E-state index contributed by atoms with van der Waals surface area (Å²) in [7, 11) is 0. The van der Waals surface area contributed by atoms with Crippen LogP contribution in [0.5, 0.6) is 5.75 Å². The fourth-order valence-corrected chi connectivity index (χ4v) is 1.70. The first-order valence-corrected chi connectivity index (χ1v) is 6.19. The molecule has 0 spiro atoms. The molecule has 0 heterocycles. The van der Waals surface area contributed by atoms with E-state index in [1.54, 1.807) is 6.07 Å². The van der Waals surface area contributed by atoms with Gasteiger partial charge in [-0.3, -0.25) is 0 Å². The van der Waals surface area contributed by atoms with Gasteiger partial charge in [-0.2, -0.15) is 0 Å². The molecule has 0 aliphatic rings. The number of ether oxygens (including phenoxy) is 1. The zero-order chi connectivity index (χ0) is 12.8. The fraction of sp³-hybridized carbons (Fsp3) is 0.571. The van der Waals surface area contributed by atoms with Crippen LogP contribution in [0, 0.1) is 11.7 Å². The molecular formula is C14H22FNO. The molecule has 1 atom stereocenters. The van der Waals surface area contributed by atoms with Gasteiger partial charge in [-0.05, 0) is 31.7 Å². The van der Waals surface area contributed by atoms with Gasteiger partial charge in [0.15, 0.2) is 11.6 Å². The predicted molar refractivity (Wildman–Crippen MR) is 68.6 cm³/mol. The predicted octanol–water partition coefficient (Wildman–Crippen LogP) is 3.66. The molecule has 17 heavy (non-hydrogen) atoms. The monoisotopic (exact) mass is 239 g/mol. The van der Waals surface area contributed by atoms with E-state index in [4.69, 9.17) is 10.5 Å². The smallest absolute Gasteiger partial charge is 0.165 e. The van der Waals surface area contributed by atoms with Gasteiger partial charge in [0, 0.05) is 11.6 Å². The topological polar surface area (TPSA) is 35.2 Å².